The van der Waals surface area contributed by atoms with E-state index in [1.165, 1.54) is 6.33 Å². The summed E-state index contributed by atoms with van der Waals surface area (Å²) in [5, 5.41) is 6.35. The van der Waals surface area contributed by atoms with Gasteiger partial charge in [-0.25, -0.2) is 0 Å². The fourth-order valence-corrected chi connectivity index (χ4v) is 2.62. The maximum atomic E-state index is 12.2. The third-order valence-electron chi connectivity index (χ3n) is 3.39. The second kappa shape index (κ2) is 5.43. The lowest BCUT2D eigenvalue weighted by molar-refractivity contribution is -0.127. The van der Waals surface area contributed by atoms with Crippen molar-refractivity contribution in [1.29, 1.82) is 0 Å². The molecule has 6 nitrogen and oxygen atoms in total. The molecule has 1 aromatic rings. The molecule has 0 radical (unpaired) electrons. The monoisotopic (exact) mass is 268 g/mol. The number of rotatable bonds is 5. The van der Waals surface area contributed by atoms with E-state index in [1.54, 1.807) is 0 Å². The van der Waals surface area contributed by atoms with Gasteiger partial charge in [-0.3, -0.25) is 4.79 Å². The van der Waals surface area contributed by atoms with Crippen molar-refractivity contribution in [2.45, 2.75) is 32.1 Å². The molecule has 0 aliphatic heterocycles. The van der Waals surface area contributed by atoms with Crippen LogP contribution in [-0.4, -0.2) is 27.6 Å². The van der Waals surface area contributed by atoms with E-state index in [9.17, 15) is 4.79 Å². The van der Waals surface area contributed by atoms with Crippen molar-refractivity contribution < 1.29 is 9.32 Å². The van der Waals surface area contributed by atoms with Gasteiger partial charge < -0.3 is 15.6 Å². The van der Waals surface area contributed by atoms with E-state index < -0.39 is 5.41 Å². The normalized spacial score (nSPS) is 17.6. The largest absolute Gasteiger partial charge is 0.392 e. The van der Waals surface area contributed by atoms with E-state index in [2.05, 4.69) is 15.5 Å². The molecule has 3 N–H and O–H groups in total. The Morgan fingerprint density at radius 1 is 1.56 bits per heavy atom. The molecule has 18 heavy (non-hydrogen) atoms. The maximum Gasteiger partial charge on any atom is 0.233 e. The van der Waals surface area contributed by atoms with Crippen molar-refractivity contribution in [3.63, 3.8) is 0 Å². The second-order valence-corrected chi connectivity index (χ2v) is 4.93. The Bertz CT molecular complexity index is 426. The van der Waals surface area contributed by atoms with E-state index in [4.69, 9.17) is 22.5 Å². The van der Waals surface area contributed by atoms with E-state index >= 15 is 0 Å². The molecule has 1 aromatic heterocycles. The smallest absolute Gasteiger partial charge is 0.233 e. The highest BCUT2D eigenvalue weighted by atomic mass is 32.1. The van der Waals surface area contributed by atoms with Crippen LogP contribution in [0.15, 0.2) is 10.9 Å². The minimum absolute atomic E-state index is 0.0768. The quantitative estimate of drug-likeness (QED) is 0.758. The Hall–Kier alpha value is -1.50. The number of nitrogens with zero attached hydrogens (tertiary/aromatic N) is 2. The van der Waals surface area contributed by atoms with Gasteiger partial charge in [0.15, 0.2) is 6.33 Å². The van der Waals surface area contributed by atoms with Crippen LogP contribution in [0.25, 0.3) is 0 Å². The maximum absolute atomic E-state index is 12.2. The number of thiocarbonyl (C=S) groups is 1. The molecule has 2 rings (SSSR count). The molecule has 0 unspecified atom stereocenters. The SMILES string of the molecule is NC(=S)C1(C(=O)NCCc2ncno2)CCCC1. The number of nitrogens with one attached hydrogen (secondary N) is 1. The van der Waals surface area contributed by atoms with Crippen LogP contribution in [0, 0.1) is 5.41 Å². The number of hydrogen-bond donors (Lipinski definition) is 2. The summed E-state index contributed by atoms with van der Waals surface area (Å²) in [5.74, 6) is 0.429. The minimum Gasteiger partial charge on any atom is -0.392 e. The molecule has 0 atom stereocenters. The van der Waals surface area contributed by atoms with E-state index in [1.807, 2.05) is 0 Å². The lowest BCUT2D eigenvalue weighted by Gasteiger charge is -2.26. The minimum atomic E-state index is -0.649. The van der Waals surface area contributed by atoms with Crippen molar-refractivity contribution in [3.8, 4) is 0 Å². The molecule has 1 amide bonds. The van der Waals surface area contributed by atoms with Crippen molar-refractivity contribution >= 4 is 23.1 Å². The molecule has 7 heteroatoms. The first-order valence-electron chi connectivity index (χ1n) is 5.99. The Morgan fingerprint density at radius 3 is 2.83 bits per heavy atom. The Balaban J connectivity index is 1.88. The Labute approximate surface area is 110 Å². The molecule has 1 aliphatic carbocycles. The number of aromatic nitrogens is 2. The zero-order valence-corrected chi connectivity index (χ0v) is 10.8. The first-order chi connectivity index (χ1) is 8.65. The fourth-order valence-electron chi connectivity index (χ4n) is 2.32. The fraction of sp³-hybridized carbons (Fsp3) is 0.636. The summed E-state index contributed by atoms with van der Waals surface area (Å²) >= 11 is 5.05. The van der Waals surface area contributed by atoms with Crippen molar-refractivity contribution in [1.82, 2.24) is 15.5 Å². The van der Waals surface area contributed by atoms with Crippen LogP contribution in [0.5, 0.6) is 0 Å². The standard InChI is InChI=1S/C11H16N4O2S/c12-9(18)11(4-1-2-5-11)10(16)13-6-3-8-14-7-15-17-8/h7H,1-6H2,(H2,12,18)(H,13,16). The number of amides is 1. The number of nitrogens with two attached hydrogens (primary N) is 1. The molecule has 0 spiro atoms. The molecule has 1 fully saturated rings. The molecular formula is C11H16N4O2S. The lowest BCUT2D eigenvalue weighted by Crippen LogP contribution is -2.47. The van der Waals surface area contributed by atoms with E-state index in [0.29, 0.717) is 23.8 Å². The van der Waals surface area contributed by atoms with Crippen molar-refractivity contribution in [2.24, 2.45) is 11.1 Å². The van der Waals surface area contributed by atoms with Crippen LogP contribution in [0.1, 0.15) is 31.6 Å². The van der Waals surface area contributed by atoms with Gasteiger partial charge in [0.25, 0.3) is 0 Å². The van der Waals surface area contributed by atoms with Gasteiger partial charge in [0.1, 0.15) is 0 Å². The first-order valence-corrected chi connectivity index (χ1v) is 6.40. The van der Waals surface area contributed by atoms with Gasteiger partial charge in [0.2, 0.25) is 11.8 Å². The van der Waals surface area contributed by atoms with Gasteiger partial charge in [-0.05, 0) is 12.8 Å². The van der Waals surface area contributed by atoms with Crippen LogP contribution >= 0.6 is 12.2 Å². The summed E-state index contributed by atoms with van der Waals surface area (Å²) in [6, 6.07) is 0. The molecule has 0 aromatic carbocycles. The van der Waals surface area contributed by atoms with Gasteiger partial charge in [0, 0.05) is 13.0 Å². The van der Waals surface area contributed by atoms with Crippen LogP contribution in [0.2, 0.25) is 0 Å². The van der Waals surface area contributed by atoms with Crippen molar-refractivity contribution in [2.75, 3.05) is 6.54 Å². The average Bonchev–Trinajstić information content (AvgIpc) is 3.00. The van der Waals surface area contributed by atoms with Crippen LogP contribution in [0.3, 0.4) is 0 Å². The van der Waals surface area contributed by atoms with Gasteiger partial charge >= 0.3 is 0 Å². The molecule has 1 saturated carbocycles. The Kier molecular flexibility index (Phi) is 3.90. The average molecular weight is 268 g/mol. The molecule has 0 saturated heterocycles. The number of carbonyl (C=O) groups is 1. The number of carbonyl (C=O) groups excluding carboxylic acids is 1. The molecule has 0 bridgehead atoms. The van der Waals surface area contributed by atoms with Crippen LogP contribution < -0.4 is 11.1 Å². The highest BCUT2D eigenvalue weighted by molar-refractivity contribution is 7.80. The third kappa shape index (κ3) is 2.50. The zero-order chi connectivity index (χ0) is 13.0. The predicted octanol–water partition coefficient (Wildman–Crippen LogP) is 0.575. The predicted molar refractivity (Wildman–Crippen MR) is 68.7 cm³/mol. The van der Waals surface area contributed by atoms with Gasteiger partial charge in [0.05, 0.1) is 10.4 Å². The highest BCUT2D eigenvalue weighted by Crippen LogP contribution is 2.38. The highest BCUT2D eigenvalue weighted by Gasteiger charge is 2.43. The van der Waals surface area contributed by atoms with Gasteiger partial charge in [-0.15, -0.1) is 0 Å². The number of hydrogen-bond acceptors (Lipinski definition) is 5. The topological polar surface area (TPSA) is 94.0 Å². The summed E-state index contributed by atoms with van der Waals surface area (Å²) in [7, 11) is 0. The third-order valence-corrected chi connectivity index (χ3v) is 3.79. The summed E-state index contributed by atoms with van der Waals surface area (Å²) in [5.41, 5.74) is 5.08. The van der Waals surface area contributed by atoms with Crippen molar-refractivity contribution in [3.05, 3.63) is 12.2 Å². The lowest BCUT2D eigenvalue weighted by atomic mass is 9.85. The van der Waals surface area contributed by atoms with E-state index in [-0.39, 0.29) is 5.91 Å². The molecule has 1 aliphatic rings. The summed E-state index contributed by atoms with van der Waals surface area (Å²) < 4.78 is 4.85. The molecule has 98 valence electrons. The second-order valence-electron chi connectivity index (χ2n) is 4.49. The van der Waals surface area contributed by atoms with E-state index in [0.717, 1.165) is 25.7 Å². The summed E-state index contributed by atoms with van der Waals surface area (Å²) in [6.45, 7) is 0.450. The first kappa shape index (κ1) is 12.9. The van der Waals surface area contributed by atoms with Gasteiger partial charge in [-0.2, -0.15) is 4.98 Å². The zero-order valence-electron chi connectivity index (χ0n) is 10.0. The Morgan fingerprint density at radius 2 is 2.28 bits per heavy atom. The van der Waals surface area contributed by atoms with Crippen LogP contribution in [0.4, 0.5) is 0 Å². The van der Waals surface area contributed by atoms with Gasteiger partial charge in [-0.1, -0.05) is 30.2 Å². The molecule has 1 heterocycles. The summed E-state index contributed by atoms with van der Waals surface area (Å²) in [4.78, 5) is 16.4. The summed E-state index contributed by atoms with van der Waals surface area (Å²) in [6.07, 6.45) is 5.33. The van der Waals surface area contributed by atoms with Crippen LogP contribution in [-0.2, 0) is 11.2 Å². The molecular weight excluding hydrogens is 252 g/mol.